The quantitative estimate of drug-likeness (QED) is 0.450. The molecule has 0 aliphatic carbocycles. The van der Waals surface area contributed by atoms with Gasteiger partial charge in [-0.1, -0.05) is 26.7 Å². The van der Waals surface area contributed by atoms with Crippen molar-refractivity contribution >= 4 is 11.9 Å². The summed E-state index contributed by atoms with van der Waals surface area (Å²) in [5.41, 5.74) is 0. The van der Waals surface area contributed by atoms with Gasteiger partial charge in [0.2, 0.25) is 0 Å². The van der Waals surface area contributed by atoms with Gasteiger partial charge in [0.1, 0.15) is 6.61 Å². The molecule has 0 aromatic carbocycles. The summed E-state index contributed by atoms with van der Waals surface area (Å²) >= 11 is 0. The number of hydrogen-bond acceptors (Lipinski definition) is 5. The van der Waals surface area contributed by atoms with Crippen LogP contribution in [0.4, 0.5) is 0 Å². The lowest BCUT2D eigenvalue weighted by Crippen LogP contribution is -2.17. The third kappa shape index (κ3) is 14.9. The number of aliphatic hydroxyl groups is 2. The minimum absolute atomic E-state index is 0.273. The number of aliphatic carboxylic acids is 1. The molecule has 3 N–H and O–H groups in total. The predicted octanol–water partition coefficient (Wildman–Crippen LogP) is 0.554. The van der Waals surface area contributed by atoms with Crippen molar-refractivity contribution in [2.45, 2.75) is 45.6 Å². The third-order valence-electron chi connectivity index (χ3n) is 1.81. The van der Waals surface area contributed by atoms with Crippen molar-refractivity contribution in [2.24, 2.45) is 0 Å². The van der Waals surface area contributed by atoms with Gasteiger partial charge in [-0.25, -0.2) is 9.59 Å². The van der Waals surface area contributed by atoms with Crippen LogP contribution in [0, 0.1) is 0 Å². The summed E-state index contributed by atoms with van der Waals surface area (Å²) in [6, 6.07) is 0. The van der Waals surface area contributed by atoms with Crippen LogP contribution in [0.3, 0.4) is 0 Å². The van der Waals surface area contributed by atoms with Gasteiger partial charge in [0.05, 0.1) is 6.61 Å². The minimum Gasteiger partial charge on any atom is -0.479 e. The topological polar surface area (TPSA) is 104 Å². The van der Waals surface area contributed by atoms with E-state index in [1.807, 2.05) is 0 Å². The second-order valence-corrected chi connectivity index (χ2v) is 3.35. The molecule has 0 aromatic heterocycles. The van der Waals surface area contributed by atoms with E-state index in [1.54, 1.807) is 6.92 Å². The average Bonchev–Trinajstić information content (AvgIpc) is 2.33. The Morgan fingerprint density at radius 2 is 1.82 bits per heavy atom. The van der Waals surface area contributed by atoms with E-state index in [9.17, 15) is 9.59 Å². The van der Waals surface area contributed by atoms with Gasteiger partial charge < -0.3 is 20.1 Å². The van der Waals surface area contributed by atoms with Gasteiger partial charge in [0.25, 0.3) is 0 Å². The molecule has 0 aromatic rings. The lowest BCUT2D eigenvalue weighted by Gasteiger charge is -2.00. The van der Waals surface area contributed by atoms with Crippen molar-refractivity contribution < 1.29 is 29.6 Å². The summed E-state index contributed by atoms with van der Waals surface area (Å²) in [6.45, 7) is 3.62. The van der Waals surface area contributed by atoms with Crippen LogP contribution in [0.2, 0.25) is 0 Å². The van der Waals surface area contributed by atoms with Gasteiger partial charge in [-0.3, -0.25) is 0 Å². The Balaban J connectivity index is 0. The van der Waals surface area contributed by atoms with Crippen LogP contribution >= 0.6 is 0 Å². The summed E-state index contributed by atoms with van der Waals surface area (Å²) < 4.78 is 4.60. The molecule has 0 fully saturated rings. The van der Waals surface area contributed by atoms with Crippen LogP contribution in [0.1, 0.15) is 39.5 Å². The normalized spacial score (nSPS) is 11.1. The molecule has 0 amide bonds. The lowest BCUT2D eigenvalue weighted by molar-refractivity contribution is -0.147. The number of carbonyl (C=O) groups excluding carboxylic acids is 1. The molecule has 6 heteroatoms. The Morgan fingerprint density at radius 1 is 1.24 bits per heavy atom. The smallest absolute Gasteiger partial charge is 0.332 e. The first-order valence-electron chi connectivity index (χ1n) is 5.66. The standard InChI is InChI=1S/C7H14O3.C4H8O3/c1-2-3-4-5-10-7(9)6-8;1-2-3(5)4(6)7/h8H,2-6H2,1H3;3,5H,2H2,1H3,(H,6,7). The van der Waals surface area contributed by atoms with E-state index < -0.39 is 24.6 Å². The Bertz CT molecular complexity index is 204. The zero-order valence-electron chi connectivity index (χ0n) is 10.4. The first kappa shape index (κ1) is 18.2. The highest BCUT2D eigenvalue weighted by Crippen LogP contribution is 1.93. The number of aliphatic hydroxyl groups excluding tert-OH is 2. The minimum atomic E-state index is -1.18. The number of carboxylic acid groups (broad SMARTS) is 1. The Kier molecular flexibility index (Phi) is 13.9. The highest BCUT2D eigenvalue weighted by molar-refractivity contribution is 5.71. The maximum absolute atomic E-state index is 10.3. The molecular weight excluding hydrogens is 228 g/mol. The fraction of sp³-hybridized carbons (Fsp3) is 0.818. The van der Waals surface area contributed by atoms with Crippen molar-refractivity contribution in [3.63, 3.8) is 0 Å². The predicted molar refractivity (Wildman–Crippen MR) is 61.5 cm³/mol. The number of carboxylic acids is 1. The van der Waals surface area contributed by atoms with Crippen LogP contribution in [0.25, 0.3) is 0 Å². The zero-order chi connectivity index (χ0) is 13.7. The summed E-state index contributed by atoms with van der Waals surface area (Å²) in [5.74, 6) is -1.68. The molecule has 0 radical (unpaired) electrons. The van der Waals surface area contributed by atoms with Crippen LogP contribution in [-0.2, 0) is 14.3 Å². The third-order valence-corrected chi connectivity index (χ3v) is 1.81. The zero-order valence-corrected chi connectivity index (χ0v) is 10.4. The molecule has 0 aliphatic rings. The SMILES string of the molecule is CCC(O)C(=O)O.CCCCCOC(=O)CO. The second-order valence-electron chi connectivity index (χ2n) is 3.35. The van der Waals surface area contributed by atoms with Gasteiger partial charge in [-0.15, -0.1) is 0 Å². The van der Waals surface area contributed by atoms with Crippen molar-refractivity contribution in [1.29, 1.82) is 0 Å². The molecule has 0 saturated carbocycles. The van der Waals surface area contributed by atoms with E-state index in [1.165, 1.54) is 0 Å². The summed E-state index contributed by atoms with van der Waals surface area (Å²) in [5, 5.41) is 24.5. The van der Waals surface area contributed by atoms with E-state index in [2.05, 4.69) is 11.7 Å². The van der Waals surface area contributed by atoms with Crippen molar-refractivity contribution in [3.8, 4) is 0 Å². The number of esters is 1. The molecule has 0 saturated heterocycles. The molecule has 0 bridgehead atoms. The van der Waals surface area contributed by atoms with Gasteiger partial charge in [0.15, 0.2) is 6.10 Å². The number of unbranched alkanes of at least 4 members (excludes halogenated alkanes) is 2. The Labute approximate surface area is 101 Å². The molecular formula is C11H22O6. The second kappa shape index (κ2) is 12.9. The fourth-order valence-electron chi connectivity index (χ4n) is 0.758. The highest BCUT2D eigenvalue weighted by Gasteiger charge is 2.07. The molecule has 6 nitrogen and oxygen atoms in total. The van der Waals surface area contributed by atoms with Gasteiger partial charge in [-0.05, 0) is 12.8 Å². The number of carbonyl (C=O) groups is 2. The van der Waals surface area contributed by atoms with Crippen LogP contribution in [0.5, 0.6) is 0 Å². The maximum Gasteiger partial charge on any atom is 0.332 e. The van der Waals surface area contributed by atoms with E-state index >= 15 is 0 Å². The summed E-state index contributed by atoms with van der Waals surface area (Å²) in [6.07, 6.45) is 2.16. The summed E-state index contributed by atoms with van der Waals surface area (Å²) in [4.78, 5) is 20.0. The van der Waals surface area contributed by atoms with Crippen LogP contribution < -0.4 is 0 Å². The Morgan fingerprint density at radius 3 is 2.12 bits per heavy atom. The average molecular weight is 250 g/mol. The van der Waals surface area contributed by atoms with Crippen molar-refractivity contribution in [1.82, 2.24) is 0 Å². The number of ether oxygens (including phenoxy) is 1. The van der Waals surface area contributed by atoms with Crippen LogP contribution in [0.15, 0.2) is 0 Å². The molecule has 1 unspecified atom stereocenters. The molecule has 0 spiro atoms. The van der Waals surface area contributed by atoms with E-state index in [0.29, 0.717) is 6.61 Å². The van der Waals surface area contributed by atoms with E-state index in [4.69, 9.17) is 15.3 Å². The molecule has 0 aliphatic heterocycles. The fourth-order valence-corrected chi connectivity index (χ4v) is 0.758. The molecule has 102 valence electrons. The van der Waals surface area contributed by atoms with E-state index in [0.717, 1.165) is 19.3 Å². The first-order valence-corrected chi connectivity index (χ1v) is 5.66. The maximum atomic E-state index is 10.3. The molecule has 0 heterocycles. The van der Waals surface area contributed by atoms with Gasteiger partial charge in [-0.2, -0.15) is 0 Å². The molecule has 1 atom stereocenters. The van der Waals surface area contributed by atoms with Gasteiger partial charge in [0, 0.05) is 0 Å². The van der Waals surface area contributed by atoms with Gasteiger partial charge >= 0.3 is 11.9 Å². The van der Waals surface area contributed by atoms with Crippen LogP contribution in [-0.4, -0.2) is 46.6 Å². The number of hydrogen-bond donors (Lipinski definition) is 3. The highest BCUT2D eigenvalue weighted by atomic mass is 16.5. The summed E-state index contributed by atoms with van der Waals surface area (Å²) in [7, 11) is 0. The lowest BCUT2D eigenvalue weighted by atomic mass is 10.3. The van der Waals surface area contributed by atoms with Crippen molar-refractivity contribution in [3.05, 3.63) is 0 Å². The largest absolute Gasteiger partial charge is 0.479 e. The van der Waals surface area contributed by atoms with E-state index in [-0.39, 0.29) is 6.42 Å². The molecule has 0 rings (SSSR count). The number of rotatable bonds is 7. The van der Waals surface area contributed by atoms with Crippen molar-refractivity contribution in [2.75, 3.05) is 13.2 Å². The Hall–Kier alpha value is -1.14. The monoisotopic (exact) mass is 250 g/mol. The molecule has 17 heavy (non-hydrogen) atoms. The first-order chi connectivity index (χ1) is 7.99.